The van der Waals surface area contributed by atoms with Crippen molar-refractivity contribution in [2.75, 3.05) is 18.4 Å². The SMILES string of the molecule is Cc1ccc(NC(N)=NC2CC(N3CCC(C(F)(F)F)CC3)C2)cc1C.I. The van der Waals surface area contributed by atoms with Crippen LogP contribution in [0, 0.1) is 19.8 Å². The first-order chi connectivity index (χ1) is 12.2. The first-order valence-electron chi connectivity index (χ1n) is 9.20. The number of likely N-dealkylation sites (tertiary alicyclic amines) is 1. The molecule has 0 bridgehead atoms. The van der Waals surface area contributed by atoms with Gasteiger partial charge in [-0.05, 0) is 75.9 Å². The van der Waals surface area contributed by atoms with Crippen molar-refractivity contribution in [3.63, 3.8) is 0 Å². The molecule has 0 amide bonds. The molecular weight excluding hydrogens is 468 g/mol. The number of aryl methyl sites for hydroxylation is 2. The number of hydrogen-bond acceptors (Lipinski definition) is 2. The number of nitrogens with zero attached hydrogens (tertiary/aromatic N) is 2. The van der Waals surface area contributed by atoms with E-state index in [1.165, 1.54) is 11.1 Å². The smallest absolute Gasteiger partial charge is 0.370 e. The molecule has 8 heteroatoms. The molecule has 1 aromatic rings. The van der Waals surface area contributed by atoms with E-state index >= 15 is 0 Å². The number of halogens is 4. The van der Waals surface area contributed by atoms with E-state index in [4.69, 9.17) is 5.73 Å². The molecule has 1 saturated heterocycles. The van der Waals surface area contributed by atoms with Gasteiger partial charge in [-0.15, -0.1) is 24.0 Å². The predicted octanol–water partition coefficient (Wildman–Crippen LogP) is 4.45. The van der Waals surface area contributed by atoms with Gasteiger partial charge in [0.05, 0.1) is 12.0 Å². The minimum absolute atomic E-state index is 0. The molecule has 0 aromatic heterocycles. The number of guanidine groups is 1. The summed E-state index contributed by atoms with van der Waals surface area (Å²) in [7, 11) is 0. The van der Waals surface area contributed by atoms with Gasteiger partial charge in [0.25, 0.3) is 0 Å². The predicted molar refractivity (Wildman–Crippen MR) is 114 cm³/mol. The third-order valence-electron chi connectivity index (χ3n) is 5.70. The fourth-order valence-electron chi connectivity index (χ4n) is 3.75. The molecule has 1 saturated carbocycles. The highest BCUT2D eigenvalue weighted by molar-refractivity contribution is 14.0. The third kappa shape index (κ3) is 5.73. The van der Waals surface area contributed by atoms with Gasteiger partial charge in [0.15, 0.2) is 5.96 Å². The van der Waals surface area contributed by atoms with Gasteiger partial charge < -0.3 is 16.0 Å². The molecule has 0 spiro atoms. The zero-order chi connectivity index (χ0) is 18.9. The number of nitrogens with two attached hydrogens (primary N) is 1. The van der Waals surface area contributed by atoms with Gasteiger partial charge in [0, 0.05) is 11.7 Å². The Kier molecular flexibility index (Phi) is 7.40. The zero-order valence-corrected chi connectivity index (χ0v) is 18.1. The molecule has 152 valence electrons. The van der Waals surface area contributed by atoms with E-state index in [1.807, 2.05) is 25.1 Å². The fourth-order valence-corrected chi connectivity index (χ4v) is 3.75. The lowest BCUT2D eigenvalue weighted by molar-refractivity contribution is -0.187. The summed E-state index contributed by atoms with van der Waals surface area (Å²) < 4.78 is 38.2. The van der Waals surface area contributed by atoms with E-state index in [0.717, 1.165) is 18.5 Å². The van der Waals surface area contributed by atoms with Crippen molar-refractivity contribution in [3.8, 4) is 0 Å². The maximum Gasteiger partial charge on any atom is 0.391 e. The first-order valence-corrected chi connectivity index (χ1v) is 9.20. The number of piperidine rings is 1. The van der Waals surface area contributed by atoms with Gasteiger partial charge >= 0.3 is 6.18 Å². The summed E-state index contributed by atoms with van der Waals surface area (Å²) in [6.45, 7) is 5.16. The molecule has 1 aliphatic carbocycles. The molecule has 4 nitrogen and oxygen atoms in total. The number of anilines is 1. The standard InChI is InChI=1S/C19H27F3N4.HI/c1-12-3-4-15(9-13(12)2)24-18(23)25-16-10-17(11-16)26-7-5-14(6-8-26)19(20,21)22;/h3-4,9,14,16-17H,5-8,10-11H2,1-2H3,(H3,23,24,25);1H. The quantitative estimate of drug-likeness (QED) is 0.370. The van der Waals surface area contributed by atoms with E-state index in [0.29, 0.717) is 25.1 Å². The summed E-state index contributed by atoms with van der Waals surface area (Å²) in [6.07, 6.45) is -1.89. The minimum atomic E-state index is -4.05. The Morgan fingerprint density at radius 2 is 1.78 bits per heavy atom. The lowest BCUT2D eigenvalue weighted by Crippen LogP contribution is -2.51. The number of nitrogens with one attached hydrogen (secondary N) is 1. The van der Waals surface area contributed by atoms with Crippen LogP contribution in [0.15, 0.2) is 23.2 Å². The minimum Gasteiger partial charge on any atom is -0.370 e. The summed E-state index contributed by atoms with van der Waals surface area (Å²) in [4.78, 5) is 6.69. The average molecular weight is 496 g/mol. The summed E-state index contributed by atoms with van der Waals surface area (Å²) in [5.41, 5.74) is 9.32. The number of benzene rings is 1. The van der Waals surface area contributed by atoms with Crippen LogP contribution in [-0.4, -0.2) is 42.2 Å². The largest absolute Gasteiger partial charge is 0.391 e. The van der Waals surface area contributed by atoms with Crippen LogP contribution >= 0.6 is 24.0 Å². The molecule has 2 fully saturated rings. The Hall–Kier alpha value is -1.03. The fraction of sp³-hybridized carbons (Fsp3) is 0.632. The number of hydrogen-bond donors (Lipinski definition) is 2. The van der Waals surface area contributed by atoms with Crippen LogP contribution in [0.1, 0.15) is 36.8 Å². The van der Waals surface area contributed by atoms with Gasteiger partial charge in [0.1, 0.15) is 0 Å². The Labute approximate surface area is 175 Å². The second-order valence-corrected chi connectivity index (χ2v) is 7.57. The molecule has 2 aliphatic rings. The van der Waals surface area contributed by atoms with E-state index in [1.54, 1.807) is 0 Å². The van der Waals surface area contributed by atoms with Crippen molar-refractivity contribution in [1.82, 2.24) is 4.90 Å². The van der Waals surface area contributed by atoms with Gasteiger partial charge in [-0.1, -0.05) is 6.07 Å². The first kappa shape index (κ1) is 22.3. The zero-order valence-electron chi connectivity index (χ0n) is 15.7. The lowest BCUT2D eigenvalue weighted by Gasteiger charge is -2.44. The van der Waals surface area contributed by atoms with Crippen molar-refractivity contribution in [2.24, 2.45) is 16.6 Å². The van der Waals surface area contributed by atoms with Crippen molar-refractivity contribution in [1.29, 1.82) is 0 Å². The number of alkyl halides is 3. The van der Waals surface area contributed by atoms with Gasteiger partial charge in [-0.25, -0.2) is 4.99 Å². The van der Waals surface area contributed by atoms with Gasteiger partial charge in [0.2, 0.25) is 0 Å². The topological polar surface area (TPSA) is 53.6 Å². The molecule has 0 radical (unpaired) electrons. The number of rotatable bonds is 3. The molecule has 0 unspecified atom stereocenters. The summed E-state index contributed by atoms with van der Waals surface area (Å²) in [6, 6.07) is 6.53. The normalized spacial score (nSPS) is 24.9. The van der Waals surface area contributed by atoms with Crippen LogP contribution < -0.4 is 11.1 Å². The van der Waals surface area contributed by atoms with E-state index in [2.05, 4.69) is 22.1 Å². The Morgan fingerprint density at radius 1 is 1.15 bits per heavy atom. The second kappa shape index (κ2) is 8.98. The van der Waals surface area contributed by atoms with Crippen LogP contribution in [0.2, 0.25) is 0 Å². The molecule has 3 N–H and O–H groups in total. The highest BCUT2D eigenvalue weighted by atomic mass is 127. The van der Waals surface area contributed by atoms with Crippen LogP contribution in [0.25, 0.3) is 0 Å². The number of aliphatic imine (C=N–C) groups is 1. The Bertz CT molecular complexity index is 663. The molecular formula is C19H28F3IN4. The Balaban J connectivity index is 0.00000261. The highest BCUT2D eigenvalue weighted by Gasteiger charge is 2.43. The van der Waals surface area contributed by atoms with E-state index < -0.39 is 12.1 Å². The van der Waals surface area contributed by atoms with Crippen molar-refractivity contribution >= 4 is 35.6 Å². The van der Waals surface area contributed by atoms with Crippen molar-refractivity contribution in [3.05, 3.63) is 29.3 Å². The van der Waals surface area contributed by atoms with E-state index in [-0.39, 0.29) is 42.9 Å². The third-order valence-corrected chi connectivity index (χ3v) is 5.70. The van der Waals surface area contributed by atoms with Crippen LogP contribution in [0.4, 0.5) is 18.9 Å². The molecule has 0 atom stereocenters. The maximum atomic E-state index is 12.7. The molecule has 27 heavy (non-hydrogen) atoms. The molecule has 1 aliphatic heterocycles. The summed E-state index contributed by atoms with van der Waals surface area (Å²) in [5, 5.41) is 3.11. The lowest BCUT2D eigenvalue weighted by atomic mass is 9.83. The van der Waals surface area contributed by atoms with Gasteiger partial charge in [-0.3, -0.25) is 0 Å². The van der Waals surface area contributed by atoms with Gasteiger partial charge in [-0.2, -0.15) is 13.2 Å². The molecule has 3 rings (SSSR count). The van der Waals surface area contributed by atoms with E-state index in [9.17, 15) is 13.2 Å². The highest BCUT2D eigenvalue weighted by Crippen LogP contribution is 2.37. The molecule has 1 aromatic carbocycles. The van der Waals surface area contributed by atoms with Crippen molar-refractivity contribution in [2.45, 2.75) is 57.8 Å². The second-order valence-electron chi connectivity index (χ2n) is 7.57. The van der Waals surface area contributed by atoms with Crippen LogP contribution in [-0.2, 0) is 0 Å². The maximum absolute atomic E-state index is 12.7. The Morgan fingerprint density at radius 3 is 2.33 bits per heavy atom. The average Bonchev–Trinajstić information content (AvgIpc) is 2.53. The van der Waals surface area contributed by atoms with Crippen LogP contribution in [0.3, 0.4) is 0 Å². The summed E-state index contributed by atoms with van der Waals surface area (Å²) in [5.74, 6) is -0.738. The van der Waals surface area contributed by atoms with Crippen molar-refractivity contribution < 1.29 is 13.2 Å². The summed E-state index contributed by atoms with van der Waals surface area (Å²) >= 11 is 0. The molecule has 1 heterocycles. The van der Waals surface area contributed by atoms with Crippen LogP contribution in [0.5, 0.6) is 0 Å². The monoisotopic (exact) mass is 496 g/mol.